The van der Waals surface area contributed by atoms with Crippen molar-refractivity contribution in [2.24, 2.45) is 0 Å². The Morgan fingerprint density at radius 3 is 1.94 bits per heavy atom. The lowest BCUT2D eigenvalue weighted by Gasteiger charge is -2.31. The van der Waals surface area contributed by atoms with Crippen molar-refractivity contribution in [1.82, 2.24) is 4.90 Å². The van der Waals surface area contributed by atoms with Gasteiger partial charge in [0.05, 0.1) is 18.2 Å². The smallest absolute Gasteiger partial charge is 0.414 e. The van der Waals surface area contributed by atoms with Gasteiger partial charge in [0.25, 0.3) is 0 Å². The number of carboxylic acids is 4. The lowest BCUT2D eigenvalue weighted by atomic mass is 9.81. The quantitative estimate of drug-likeness (QED) is 0.437. The van der Waals surface area contributed by atoms with Crippen LogP contribution in [0, 0.1) is 17.1 Å². The average Bonchev–Trinajstić information content (AvgIpc) is 3.18. The molecule has 4 N–H and O–H groups in total. The summed E-state index contributed by atoms with van der Waals surface area (Å²) < 4.78 is 19.6. The van der Waals surface area contributed by atoms with Crippen molar-refractivity contribution in [3.05, 3.63) is 70.5 Å². The van der Waals surface area contributed by atoms with E-state index < -0.39 is 29.5 Å². The number of nitrogens with zero attached hydrogens (tertiary/aromatic N) is 2. The van der Waals surface area contributed by atoms with Gasteiger partial charge in [-0.05, 0) is 74.4 Å². The molecule has 11 nitrogen and oxygen atoms in total. The second-order valence-corrected chi connectivity index (χ2v) is 7.73. The number of halogens is 1. The average molecular weight is 504 g/mol. The predicted octanol–water partition coefficient (Wildman–Crippen LogP) is 2.12. The van der Waals surface area contributed by atoms with Crippen LogP contribution in [-0.2, 0) is 36.1 Å². The first kappa shape index (κ1) is 29.7. The fourth-order valence-corrected chi connectivity index (χ4v) is 3.41. The standard InChI is InChI=1S/C20H21FN2O.2C2H2O4/c1-23(2)11-3-10-20(17-5-7-18(21)8-6-17)19-9-4-15(13-22)12-16(19)14-24-20;2*3-1(4)2(5)6/h4-9,12H,3,10-11,14H2,1-2H3;2*(H,3,4)(H,5,6). The molecule has 0 bridgehead atoms. The van der Waals surface area contributed by atoms with E-state index in [4.69, 9.17) is 49.6 Å². The highest BCUT2D eigenvalue weighted by Gasteiger charge is 2.41. The number of carboxylic acid groups (broad SMARTS) is 4. The number of benzene rings is 2. The lowest BCUT2D eigenvalue weighted by Crippen LogP contribution is -2.28. The molecule has 12 heteroatoms. The van der Waals surface area contributed by atoms with Crippen molar-refractivity contribution in [2.45, 2.75) is 25.0 Å². The van der Waals surface area contributed by atoms with Gasteiger partial charge in [0.1, 0.15) is 11.4 Å². The van der Waals surface area contributed by atoms with Crippen LogP contribution >= 0.6 is 0 Å². The molecule has 2 aromatic carbocycles. The van der Waals surface area contributed by atoms with Crippen LogP contribution < -0.4 is 0 Å². The van der Waals surface area contributed by atoms with E-state index in [2.05, 4.69) is 11.0 Å². The van der Waals surface area contributed by atoms with Crippen LogP contribution in [0.4, 0.5) is 4.39 Å². The van der Waals surface area contributed by atoms with E-state index in [1.165, 1.54) is 12.1 Å². The molecule has 2 aromatic rings. The van der Waals surface area contributed by atoms with E-state index in [0.717, 1.165) is 36.1 Å². The molecular formula is C24H25FN2O9. The van der Waals surface area contributed by atoms with E-state index in [1.54, 1.807) is 12.1 Å². The fraction of sp³-hybridized carbons (Fsp3) is 0.292. The highest BCUT2D eigenvalue weighted by atomic mass is 19.1. The molecule has 1 heterocycles. The van der Waals surface area contributed by atoms with Crippen LogP contribution in [0.25, 0.3) is 0 Å². The van der Waals surface area contributed by atoms with Crippen LogP contribution in [0.1, 0.15) is 35.1 Å². The van der Waals surface area contributed by atoms with Crippen molar-refractivity contribution in [1.29, 1.82) is 5.26 Å². The van der Waals surface area contributed by atoms with E-state index in [0.29, 0.717) is 12.2 Å². The zero-order valence-corrected chi connectivity index (χ0v) is 19.5. The van der Waals surface area contributed by atoms with Gasteiger partial charge >= 0.3 is 23.9 Å². The van der Waals surface area contributed by atoms with Gasteiger partial charge in [0, 0.05) is 0 Å². The van der Waals surface area contributed by atoms with Crippen molar-refractivity contribution >= 4 is 23.9 Å². The number of hydrogen-bond acceptors (Lipinski definition) is 7. The minimum Gasteiger partial charge on any atom is -0.473 e. The normalized spacial score (nSPS) is 15.3. The summed E-state index contributed by atoms with van der Waals surface area (Å²) >= 11 is 0. The van der Waals surface area contributed by atoms with Crippen molar-refractivity contribution in [2.75, 3.05) is 20.6 Å². The molecule has 0 saturated heterocycles. The Hall–Kier alpha value is -4.34. The minimum absolute atomic E-state index is 0.250. The topological polar surface area (TPSA) is 185 Å². The first-order valence-corrected chi connectivity index (χ1v) is 10.3. The summed E-state index contributed by atoms with van der Waals surface area (Å²) in [5.41, 5.74) is 3.18. The molecule has 0 spiro atoms. The van der Waals surface area contributed by atoms with E-state index >= 15 is 0 Å². The lowest BCUT2D eigenvalue weighted by molar-refractivity contribution is -0.159. The van der Waals surface area contributed by atoms with Crippen LogP contribution in [0.3, 0.4) is 0 Å². The molecule has 0 radical (unpaired) electrons. The number of fused-ring (bicyclic) bond motifs is 1. The maximum absolute atomic E-state index is 13.4. The van der Waals surface area contributed by atoms with Gasteiger partial charge in [-0.1, -0.05) is 18.2 Å². The second-order valence-electron chi connectivity index (χ2n) is 7.73. The molecule has 1 unspecified atom stereocenters. The van der Waals surface area contributed by atoms with E-state index in [9.17, 15) is 4.39 Å². The predicted molar refractivity (Wildman–Crippen MR) is 121 cm³/mol. The van der Waals surface area contributed by atoms with Gasteiger partial charge in [0.15, 0.2) is 0 Å². The van der Waals surface area contributed by atoms with Gasteiger partial charge < -0.3 is 30.1 Å². The summed E-state index contributed by atoms with van der Waals surface area (Å²) in [5.74, 6) is -7.55. The van der Waals surface area contributed by atoms with Gasteiger partial charge in [-0.3, -0.25) is 0 Å². The molecule has 0 aromatic heterocycles. The third kappa shape index (κ3) is 8.46. The third-order valence-corrected chi connectivity index (χ3v) is 4.95. The Morgan fingerprint density at radius 2 is 1.50 bits per heavy atom. The first-order chi connectivity index (χ1) is 16.8. The summed E-state index contributed by atoms with van der Waals surface area (Å²) in [5, 5.41) is 38.7. The summed E-state index contributed by atoms with van der Waals surface area (Å²) in [6.07, 6.45) is 1.78. The van der Waals surface area contributed by atoms with Crippen LogP contribution in [0.15, 0.2) is 42.5 Å². The molecule has 36 heavy (non-hydrogen) atoms. The van der Waals surface area contributed by atoms with Crippen molar-refractivity contribution < 1.29 is 48.7 Å². The largest absolute Gasteiger partial charge is 0.473 e. The monoisotopic (exact) mass is 504 g/mol. The molecule has 192 valence electrons. The molecule has 1 aliphatic heterocycles. The molecule has 1 atom stereocenters. The summed E-state index contributed by atoms with van der Waals surface area (Å²) in [6.45, 7) is 1.43. The van der Waals surface area contributed by atoms with Gasteiger partial charge in [-0.25, -0.2) is 23.6 Å². The van der Waals surface area contributed by atoms with Gasteiger partial charge in [-0.15, -0.1) is 0 Å². The first-order valence-electron chi connectivity index (χ1n) is 10.3. The molecule has 0 fully saturated rings. The summed E-state index contributed by atoms with van der Waals surface area (Å²) in [6, 6.07) is 14.5. The molecule has 0 aliphatic carbocycles. The zero-order chi connectivity index (χ0) is 27.5. The number of rotatable bonds is 5. The van der Waals surface area contributed by atoms with Crippen molar-refractivity contribution in [3.8, 4) is 6.07 Å². The number of nitriles is 1. The number of hydrogen-bond donors (Lipinski definition) is 4. The molecule has 3 rings (SSSR count). The molecule has 1 aliphatic rings. The summed E-state index contributed by atoms with van der Waals surface area (Å²) in [4.78, 5) is 38.5. The highest BCUT2D eigenvalue weighted by molar-refractivity contribution is 6.27. The van der Waals surface area contributed by atoms with Crippen molar-refractivity contribution in [3.63, 3.8) is 0 Å². The maximum atomic E-state index is 13.4. The van der Waals surface area contributed by atoms with Crippen LogP contribution in [0.5, 0.6) is 0 Å². The second kappa shape index (κ2) is 13.5. The Morgan fingerprint density at radius 1 is 0.972 bits per heavy atom. The van der Waals surface area contributed by atoms with Crippen LogP contribution in [0.2, 0.25) is 0 Å². The van der Waals surface area contributed by atoms with Crippen LogP contribution in [-0.4, -0.2) is 69.8 Å². The molecule has 0 saturated carbocycles. The maximum Gasteiger partial charge on any atom is 0.414 e. The Kier molecular flexibility index (Phi) is 11.2. The summed E-state index contributed by atoms with van der Waals surface area (Å²) in [7, 11) is 4.10. The Bertz CT molecular complexity index is 1100. The van der Waals surface area contributed by atoms with E-state index in [-0.39, 0.29) is 5.82 Å². The number of aliphatic carboxylic acids is 4. The number of ether oxygens (including phenoxy) is 1. The Labute approximate surface area is 205 Å². The molecular weight excluding hydrogens is 479 g/mol. The minimum atomic E-state index is -1.82. The number of carbonyl (C=O) groups is 4. The van der Waals surface area contributed by atoms with Gasteiger partial charge in [-0.2, -0.15) is 5.26 Å². The SMILES string of the molecule is CN(C)CCCC1(c2ccc(F)cc2)OCc2cc(C#N)ccc21.O=C(O)C(=O)O.O=C(O)C(=O)O. The fourth-order valence-electron chi connectivity index (χ4n) is 3.41. The molecule has 0 amide bonds. The Balaban J connectivity index is 0.000000450. The van der Waals surface area contributed by atoms with E-state index in [1.807, 2.05) is 32.3 Å². The zero-order valence-electron chi connectivity index (χ0n) is 19.5. The van der Waals surface area contributed by atoms with Gasteiger partial charge in [0.2, 0.25) is 0 Å². The third-order valence-electron chi connectivity index (χ3n) is 4.95. The highest BCUT2D eigenvalue weighted by Crippen LogP contribution is 2.45.